The van der Waals surface area contributed by atoms with Gasteiger partial charge in [-0.05, 0) is 29.8 Å². The number of carbonyl (C=O) groups is 1. The van der Waals surface area contributed by atoms with Crippen molar-refractivity contribution >= 4 is 23.0 Å². The van der Waals surface area contributed by atoms with E-state index in [1.54, 1.807) is 18.2 Å². The maximum atomic E-state index is 12.4. The van der Waals surface area contributed by atoms with E-state index in [1.807, 2.05) is 18.2 Å². The molecule has 8 heteroatoms. The molecular formula is C24H16O8. The quantitative estimate of drug-likeness (QED) is 0.216. The molecule has 0 aliphatic heterocycles. The first-order valence-electron chi connectivity index (χ1n) is 9.33. The number of phenolic OH excluding ortho intramolecular Hbond substituents is 3. The Bertz CT molecular complexity index is 1420. The molecule has 160 valence electrons. The maximum Gasteiger partial charge on any atom is 0.336 e. The van der Waals surface area contributed by atoms with E-state index in [2.05, 4.69) is 0 Å². The number of hydrogen-bond acceptors (Lipinski definition) is 8. The average molecular weight is 432 g/mol. The minimum Gasteiger partial charge on any atom is -0.508 e. The summed E-state index contributed by atoms with van der Waals surface area (Å²) in [5.74, 6) is -3.30. The number of benzene rings is 3. The zero-order chi connectivity index (χ0) is 22.8. The molecule has 4 N–H and O–H groups in total. The van der Waals surface area contributed by atoms with Crippen LogP contribution < -0.4 is 10.2 Å². The van der Waals surface area contributed by atoms with Crippen molar-refractivity contribution in [3.8, 4) is 40.1 Å². The predicted molar refractivity (Wildman–Crippen MR) is 116 cm³/mol. The second-order valence-corrected chi connectivity index (χ2v) is 6.79. The monoisotopic (exact) mass is 432 g/mol. The lowest BCUT2D eigenvalue weighted by molar-refractivity contribution is -0.129. The molecule has 0 radical (unpaired) electrons. The summed E-state index contributed by atoms with van der Waals surface area (Å²) in [6, 6.07) is 14.9. The molecule has 4 rings (SSSR count). The van der Waals surface area contributed by atoms with Gasteiger partial charge in [0, 0.05) is 23.8 Å². The van der Waals surface area contributed by atoms with E-state index in [0.29, 0.717) is 0 Å². The highest BCUT2D eigenvalue weighted by Gasteiger charge is 2.20. The average Bonchev–Trinajstić information content (AvgIpc) is 2.76. The highest BCUT2D eigenvalue weighted by atomic mass is 16.5. The maximum absolute atomic E-state index is 12.4. The molecule has 32 heavy (non-hydrogen) atoms. The normalized spacial score (nSPS) is 11.1. The Morgan fingerprint density at radius 2 is 1.66 bits per heavy atom. The van der Waals surface area contributed by atoms with E-state index in [4.69, 9.17) is 9.15 Å². The van der Waals surface area contributed by atoms with Crippen LogP contribution >= 0.6 is 0 Å². The van der Waals surface area contributed by atoms with Crippen molar-refractivity contribution in [2.75, 3.05) is 0 Å². The van der Waals surface area contributed by atoms with Gasteiger partial charge in [-0.15, -0.1) is 0 Å². The Kier molecular flexibility index (Phi) is 5.26. The number of phenols is 3. The summed E-state index contributed by atoms with van der Waals surface area (Å²) in [5.41, 5.74) is -0.189. The van der Waals surface area contributed by atoms with Crippen molar-refractivity contribution < 1.29 is 34.4 Å². The summed E-state index contributed by atoms with van der Waals surface area (Å²) in [6.45, 7) is 0. The van der Waals surface area contributed by atoms with Crippen LogP contribution in [0.15, 0.2) is 76.0 Å². The third-order valence-electron chi connectivity index (χ3n) is 4.58. The van der Waals surface area contributed by atoms with Crippen molar-refractivity contribution in [1.29, 1.82) is 0 Å². The fourth-order valence-electron chi connectivity index (χ4n) is 3.09. The molecule has 1 heterocycles. The Balaban J connectivity index is 1.64. The number of fused-ring (bicyclic) bond motifs is 1. The van der Waals surface area contributed by atoms with Gasteiger partial charge < -0.3 is 29.6 Å². The second-order valence-electron chi connectivity index (χ2n) is 6.79. The number of rotatable bonds is 4. The lowest BCUT2D eigenvalue weighted by atomic mass is 10.1. The summed E-state index contributed by atoms with van der Waals surface area (Å²) in [4.78, 5) is 24.5. The summed E-state index contributed by atoms with van der Waals surface area (Å²) >= 11 is 0. The number of carbonyl (C=O) groups excluding carboxylic acids is 1. The summed E-state index contributed by atoms with van der Waals surface area (Å²) < 4.78 is 10.6. The van der Waals surface area contributed by atoms with Gasteiger partial charge in [0.1, 0.15) is 22.5 Å². The highest BCUT2D eigenvalue weighted by Crippen LogP contribution is 2.38. The SMILES string of the molecule is O=C(C=Cc1ccccc1)Oc1ccc(-c2oc3cc(O)cc(O)c3c(=O)c2O)cc1O. The van der Waals surface area contributed by atoms with Crippen molar-refractivity contribution in [3.63, 3.8) is 0 Å². The second kappa shape index (κ2) is 8.19. The lowest BCUT2D eigenvalue weighted by Crippen LogP contribution is -2.04. The van der Waals surface area contributed by atoms with Crippen LogP contribution in [0.4, 0.5) is 0 Å². The van der Waals surface area contributed by atoms with Crippen LogP contribution in [0.2, 0.25) is 0 Å². The van der Waals surface area contributed by atoms with E-state index < -0.39 is 28.6 Å². The van der Waals surface area contributed by atoms with Crippen LogP contribution in [0.1, 0.15) is 5.56 Å². The van der Waals surface area contributed by atoms with Gasteiger partial charge in [0.25, 0.3) is 0 Å². The van der Waals surface area contributed by atoms with E-state index in [9.17, 15) is 30.0 Å². The molecule has 1 aromatic heterocycles. The molecule has 0 spiro atoms. The van der Waals surface area contributed by atoms with Crippen LogP contribution in [0, 0.1) is 0 Å². The number of esters is 1. The van der Waals surface area contributed by atoms with Crippen LogP contribution in [0.25, 0.3) is 28.4 Å². The minimum atomic E-state index is -0.917. The first kappa shape index (κ1) is 20.5. The Morgan fingerprint density at radius 1 is 0.906 bits per heavy atom. The molecule has 3 aromatic carbocycles. The van der Waals surface area contributed by atoms with Crippen LogP contribution in [0.3, 0.4) is 0 Å². The summed E-state index contributed by atoms with van der Waals surface area (Å²) in [7, 11) is 0. The van der Waals surface area contributed by atoms with Gasteiger partial charge in [-0.2, -0.15) is 0 Å². The topological polar surface area (TPSA) is 137 Å². The summed E-state index contributed by atoms with van der Waals surface area (Å²) in [6.07, 6.45) is 2.76. The van der Waals surface area contributed by atoms with Gasteiger partial charge in [-0.25, -0.2) is 4.79 Å². The molecular weight excluding hydrogens is 416 g/mol. The van der Waals surface area contributed by atoms with E-state index in [1.165, 1.54) is 18.2 Å². The van der Waals surface area contributed by atoms with E-state index in [-0.39, 0.29) is 33.8 Å². The first-order chi connectivity index (χ1) is 15.3. The zero-order valence-electron chi connectivity index (χ0n) is 16.4. The fourth-order valence-corrected chi connectivity index (χ4v) is 3.09. The largest absolute Gasteiger partial charge is 0.508 e. The molecule has 4 aromatic rings. The molecule has 0 atom stereocenters. The van der Waals surface area contributed by atoms with Gasteiger partial charge in [-0.1, -0.05) is 30.3 Å². The van der Waals surface area contributed by atoms with Gasteiger partial charge in [-0.3, -0.25) is 4.79 Å². The highest BCUT2D eigenvalue weighted by molar-refractivity contribution is 5.90. The van der Waals surface area contributed by atoms with Gasteiger partial charge >= 0.3 is 5.97 Å². The minimum absolute atomic E-state index is 0.0986. The smallest absolute Gasteiger partial charge is 0.336 e. The van der Waals surface area contributed by atoms with Crippen LogP contribution in [-0.2, 0) is 4.79 Å². The number of aromatic hydroxyl groups is 4. The third-order valence-corrected chi connectivity index (χ3v) is 4.58. The Morgan fingerprint density at radius 3 is 2.38 bits per heavy atom. The molecule has 0 saturated heterocycles. The molecule has 0 bridgehead atoms. The lowest BCUT2D eigenvalue weighted by Gasteiger charge is -2.09. The van der Waals surface area contributed by atoms with E-state index in [0.717, 1.165) is 23.8 Å². The molecule has 0 aliphatic rings. The Labute approximate surface area is 180 Å². The molecule has 0 aliphatic carbocycles. The van der Waals surface area contributed by atoms with Crippen LogP contribution in [-0.4, -0.2) is 26.4 Å². The third kappa shape index (κ3) is 3.97. The van der Waals surface area contributed by atoms with Crippen LogP contribution in [0.5, 0.6) is 28.7 Å². The standard InChI is InChI=1S/C24H16O8/c25-15-11-17(27)21-19(12-15)32-24(23(30)22(21)29)14-7-8-18(16(26)10-14)31-20(28)9-6-13-4-2-1-3-5-13/h1-12,25-27,30H. The van der Waals surface area contributed by atoms with Gasteiger partial charge in [0.15, 0.2) is 17.3 Å². The van der Waals surface area contributed by atoms with Crippen molar-refractivity contribution in [2.45, 2.75) is 0 Å². The molecule has 0 saturated carbocycles. The molecule has 8 nitrogen and oxygen atoms in total. The van der Waals surface area contributed by atoms with E-state index >= 15 is 0 Å². The Hall–Kier alpha value is -4.72. The fraction of sp³-hybridized carbons (Fsp3) is 0. The van der Waals surface area contributed by atoms with Crippen molar-refractivity contribution in [2.24, 2.45) is 0 Å². The number of ether oxygens (including phenoxy) is 1. The van der Waals surface area contributed by atoms with Gasteiger partial charge in [0.05, 0.1) is 0 Å². The number of hydrogen-bond donors (Lipinski definition) is 4. The molecule has 0 fully saturated rings. The predicted octanol–water partition coefficient (Wildman–Crippen LogP) is 3.90. The van der Waals surface area contributed by atoms with Gasteiger partial charge in [0.2, 0.25) is 11.2 Å². The first-order valence-corrected chi connectivity index (χ1v) is 9.33. The molecule has 0 unspecified atom stereocenters. The van der Waals surface area contributed by atoms with Crippen molar-refractivity contribution in [3.05, 3.63) is 82.5 Å². The molecule has 0 amide bonds. The summed E-state index contributed by atoms with van der Waals surface area (Å²) in [5, 5.41) is 39.7. The van der Waals surface area contributed by atoms with Crippen molar-refractivity contribution in [1.82, 2.24) is 0 Å². The zero-order valence-corrected chi connectivity index (χ0v) is 16.4.